The SMILES string of the molecule is O=C1NC(=O)[C@]2(CCN(C(=O)[C@@H]3C[C@@H]3C3CCCCC3)C2)N1. The van der Waals surface area contributed by atoms with Crippen molar-refractivity contribution < 1.29 is 14.4 Å². The zero-order chi connectivity index (χ0) is 15.3. The summed E-state index contributed by atoms with van der Waals surface area (Å²) in [6, 6.07) is -0.439. The molecule has 2 saturated heterocycles. The molecule has 2 N–H and O–H groups in total. The third-order valence-corrected chi connectivity index (χ3v) is 6.01. The van der Waals surface area contributed by atoms with Gasteiger partial charge in [0.05, 0.1) is 6.54 Å². The fraction of sp³-hybridized carbons (Fsp3) is 0.812. The van der Waals surface area contributed by atoms with Crippen LogP contribution < -0.4 is 10.6 Å². The monoisotopic (exact) mass is 305 g/mol. The molecular formula is C16H23N3O3. The first-order chi connectivity index (χ1) is 10.6. The Bertz CT molecular complexity index is 529. The van der Waals surface area contributed by atoms with E-state index in [-0.39, 0.29) is 17.7 Å². The predicted molar refractivity (Wildman–Crippen MR) is 78.8 cm³/mol. The molecular weight excluding hydrogens is 282 g/mol. The minimum Gasteiger partial charge on any atom is -0.339 e. The maximum Gasteiger partial charge on any atom is 0.322 e. The number of likely N-dealkylation sites (tertiary alicyclic amines) is 1. The highest BCUT2D eigenvalue weighted by Crippen LogP contribution is 2.50. The fourth-order valence-electron chi connectivity index (χ4n) is 4.63. The zero-order valence-corrected chi connectivity index (χ0v) is 12.8. The van der Waals surface area contributed by atoms with Crippen molar-refractivity contribution in [1.29, 1.82) is 0 Å². The number of carbonyl (C=O) groups excluding carboxylic acids is 3. The molecule has 2 heterocycles. The Morgan fingerprint density at radius 2 is 1.95 bits per heavy atom. The van der Waals surface area contributed by atoms with Crippen LogP contribution in [0.25, 0.3) is 0 Å². The Kier molecular flexibility index (Phi) is 3.16. The standard InChI is InChI=1S/C16H23N3O3/c20-13(12-8-11(12)10-4-2-1-3-5-10)19-7-6-16(9-19)14(21)17-15(22)18-16/h10-12H,1-9H2,(H2,17,18,21,22)/t11-,12-,16-/m1/s1. The summed E-state index contributed by atoms with van der Waals surface area (Å²) in [5.74, 6) is 1.37. The highest BCUT2D eigenvalue weighted by Gasteiger charge is 2.55. The molecule has 6 heteroatoms. The van der Waals surface area contributed by atoms with Gasteiger partial charge < -0.3 is 10.2 Å². The van der Waals surface area contributed by atoms with Crippen LogP contribution >= 0.6 is 0 Å². The number of urea groups is 1. The van der Waals surface area contributed by atoms with Crippen molar-refractivity contribution in [3.8, 4) is 0 Å². The van der Waals surface area contributed by atoms with Crippen LogP contribution in [-0.2, 0) is 9.59 Å². The number of hydrogen-bond donors (Lipinski definition) is 2. The van der Waals surface area contributed by atoms with E-state index in [1.807, 2.05) is 0 Å². The van der Waals surface area contributed by atoms with E-state index in [4.69, 9.17) is 0 Å². The quantitative estimate of drug-likeness (QED) is 0.748. The van der Waals surface area contributed by atoms with Crippen molar-refractivity contribution in [3.63, 3.8) is 0 Å². The number of imide groups is 1. The number of amides is 4. The fourth-order valence-corrected chi connectivity index (χ4v) is 4.63. The third-order valence-electron chi connectivity index (χ3n) is 6.01. The van der Waals surface area contributed by atoms with Crippen molar-refractivity contribution in [2.45, 2.75) is 50.5 Å². The lowest BCUT2D eigenvalue weighted by Gasteiger charge is -2.23. The Hall–Kier alpha value is -1.59. The molecule has 0 aromatic carbocycles. The molecule has 4 rings (SSSR count). The van der Waals surface area contributed by atoms with E-state index < -0.39 is 11.6 Å². The molecule has 22 heavy (non-hydrogen) atoms. The van der Waals surface area contributed by atoms with Gasteiger partial charge in [0.15, 0.2) is 0 Å². The molecule has 0 aromatic heterocycles. The topological polar surface area (TPSA) is 78.5 Å². The van der Waals surface area contributed by atoms with Crippen molar-refractivity contribution in [3.05, 3.63) is 0 Å². The van der Waals surface area contributed by atoms with Gasteiger partial charge >= 0.3 is 6.03 Å². The molecule has 0 unspecified atom stereocenters. The van der Waals surface area contributed by atoms with Crippen LogP contribution in [0.5, 0.6) is 0 Å². The molecule has 4 amide bonds. The average Bonchev–Trinajstić information content (AvgIpc) is 3.13. The second kappa shape index (κ2) is 4.96. The molecule has 4 fully saturated rings. The van der Waals surface area contributed by atoms with Crippen molar-refractivity contribution >= 4 is 17.8 Å². The van der Waals surface area contributed by atoms with Gasteiger partial charge in [-0.15, -0.1) is 0 Å². The van der Waals surface area contributed by atoms with Gasteiger partial charge in [0.1, 0.15) is 5.54 Å². The predicted octanol–water partition coefficient (Wildman–Crippen LogP) is 1.01. The van der Waals surface area contributed by atoms with Gasteiger partial charge in [-0.3, -0.25) is 14.9 Å². The van der Waals surface area contributed by atoms with Crippen LogP contribution in [0, 0.1) is 17.8 Å². The lowest BCUT2D eigenvalue weighted by Crippen LogP contribution is -2.49. The first kappa shape index (κ1) is 14.0. The molecule has 120 valence electrons. The molecule has 2 aliphatic carbocycles. The Morgan fingerprint density at radius 1 is 1.18 bits per heavy atom. The molecule has 3 atom stereocenters. The summed E-state index contributed by atoms with van der Waals surface area (Å²) in [5, 5.41) is 4.99. The highest BCUT2D eigenvalue weighted by atomic mass is 16.2. The molecule has 0 bridgehead atoms. The maximum absolute atomic E-state index is 12.7. The van der Waals surface area contributed by atoms with Gasteiger partial charge in [0, 0.05) is 12.5 Å². The minimum atomic E-state index is -0.873. The van der Waals surface area contributed by atoms with E-state index in [9.17, 15) is 14.4 Å². The van der Waals surface area contributed by atoms with Gasteiger partial charge in [0.25, 0.3) is 5.91 Å². The lowest BCUT2D eigenvalue weighted by atomic mass is 9.85. The summed E-state index contributed by atoms with van der Waals surface area (Å²) >= 11 is 0. The molecule has 4 aliphatic rings. The summed E-state index contributed by atoms with van der Waals surface area (Å²) in [6.07, 6.45) is 8.05. The number of carbonyl (C=O) groups is 3. The first-order valence-corrected chi connectivity index (χ1v) is 8.51. The van der Waals surface area contributed by atoms with Gasteiger partial charge in [0.2, 0.25) is 5.91 Å². The lowest BCUT2D eigenvalue weighted by molar-refractivity contribution is -0.132. The van der Waals surface area contributed by atoms with E-state index in [2.05, 4.69) is 10.6 Å². The summed E-state index contributed by atoms with van der Waals surface area (Å²) in [4.78, 5) is 37.8. The van der Waals surface area contributed by atoms with Crippen molar-refractivity contribution in [2.75, 3.05) is 13.1 Å². The normalized spacial score (nSPS) is 38.3. The van der Waals surface area contributed by atoms with E-state index in [1.165, 1.54) is 32.1 Å². The Balaban J connectivity index is 1.37. The van der Waals surface area contributed by atoms with Gasteiger partial charge in [-0.05, 0) is 24.7 Å². The van der Waals surface area contributed by atoms with Crippen LogP contribution in [-0.4, -0.2) is 41.4 Å². The molecule has 6 nitrogen and oxygen atoms in total. The first-order valence-electron chi connectivity index (χ1n) is 8.51. The number of hydrogen-bond acceptors (Lipinski definition) is 3. The third kappa shape index (κ3) is 2.20. The highest BCUT2D eigenvalue weighted by molar-refractivity contribution is 6.07. The van der Waals surface area contributed by atoms with Crippen molar-refractivity contribution in [1.82, 2.24) is 15.5 Å². The summed E-state index contributed by atoms with van der Waals surface area (Å²) in [5.41, 5.74) is -0.873. The second-order valence-corrected chi connectivity index (χ2v) is 7.40. The van der Waals surface area contributed by atoms with Crippen molar-refractivity contribution in [2.24, 2.45) is 17.8 Å². The zero-order valence-electron chi connectivity index (χ0n) is 12.8. The average molecular weight is 305 g/mol. The Labute approximate surface area is 130 Å². The smallest absolute Gasteiger partial charge is 0.322 e. The molecule has 0 radical (unpaired) electrons. The van der Waals surface area contributed by atoms with Gasteiger partial charge in [-0.1, -0.05) is 32.1 Å². The maximum atomic E-state index is 12.7. The van der Waals surface area contributed by atoms with E-state index in [0.717, 1.165) is 12.3 Å². The summed E-state index contributed by atoms with van der Waals surface area (Å²) < 4.78 is 0. The van der Waals surface area contributed by atoms with E-state index >= 15 is 0 Å². The minimum absolute atomic E-state index is 0.165. The number of nitrogens with zero attached hydrogens (tertiary/aromatic N) is 1. The Morgan fingerprint density at radius 3 is 2.64 bits per heavy atom. The molecule has 2 aliphatic heterocycles. The molecule has 1 spiro atoms. The number of nitrogens with one attached hydrogen (secondary N) is 2. The largest absolute Gasteiger partial charge is 0.339 e. The van der Waals surface area contributed by atoms with Crippen LogP contribution in [0.2, 0.25) is 0 Å². The van der Waals surface area contributed by atoms with Gasteiger partial charge in [-0.25, -0.2) is 4.79 Å². The van der Waals surface area contributed by atoms with E-state index in [1.54, 1.807) is 4.90 Å². The second-order valence-electron chi connectivity index (χ2n) is 7.40. The van der Waals surface area contributed by atoms with E-state index in [0.29, 0.717) is 25.4 Å². The summed E-state index contributed by atoms with van der Waals surface area (Å²) in [6.45, 7) is 0.901. The van der Waals surface area contributed by atoms with Crippen LogP contribution in [0.4, 0.5) is 4.79 Å². The van der Waals surface area contributed by atoms with Crippen LogP contribution in [0.3, 0.4) is 0 Å². The summed E-state index contributed by atoms with van der Waals surface area (Å²) in [7, 11) is 0. The van der Waals surface area contributed by atoms with Crippen LogP contribution in [0.1, 0.15) is 44.9 Å². The molecule has 0 aromatic rings. The van der Waals surface area contributed by atoms with Gasteiger partial charge in [-0.2, -0.15) is 0 Å². The van der Waals surface area contributed by atoms with Crippen LogP contribution in [0.15, 0.2) is 0 Å². The molecule has 2 saturated carbocycles. The number of rotatable bonds is 2.